The van der Waals surface area contributed by atoms with Crippen LogP contribution in [0.4, 0.5) is 5.82 Å². The van der Waals surface area contributed by atoms with Crippen LogP contribution in [0.2, 0.25) is 0 Å². The molecule has 2 N–H and O–H groups in total. The molecule has 0 aliphatic carbocycles. The molecular formula is C12H13N3O. The van der Waals surface area contributed by atoms with Crippen LogP contribution in [-0.4, -0.2) is 21.8 Å². The first-order valence-corrected chi connectivity index (χ1v) is 5.11. The van der Waals surface area contributed by atoms with Gasteiger partial charge in [0, 0.05) is 12.7 Å². The lowest BCUT2D eigenvalue weighted by Gasteiger charge is -2.11. The first-order valence-electron chi connectivity index (χ1n) is 5.11. The molecule has 1 aromatic heterocycles. The fraction of sp³-hybridized carbons (Fsp3) is 0.167. The lowest BCUT2D eigenvalue weighted by Crippen LogP contribution is -2.12. The Morgan fingerprint density at radius 2 is 1.94 bits per heavy atom. The minimum atomic E-state index is -0.539. The normalized spacial score (nSPS) is 12.1. The van der Waals surface area contributed by atoms with Gasteiger partial charge >= 0.3 is 0 Å². The van der Waals surface area contributed by atoms with Gasteiger partial charge in [-0.2, -0.15) is 5.10 Å². The zero-order chi connectivity index (χ0) is 11.2. The first kappa shape index (κ1) is 10.6. The largest absolute Gasteiger partial charge is 0.387 e. The number of nitrogens with zero attached hydrogens (tertiary/aromatic N) is 2. The Bertz CT molecular complexity index is 419. The number of aromatic nitrogens is 2. The van der Waals surface area contributed by atoms with Gasteiger partial charge in [0.2, 0.25) is 0 Å². The van der Waals surface area contributed by atoms with Gasteiger partial charge in [0.25, 0.3) is 0 Å². The third-order valence-corrected chi connectivity index (χ3v) is 2.23. The molecule has 82 valence electrons. The molecule has 0 amide bonds. The van der Waals surface area contributed by atoms with E-state index in [1.165, 1.54) is 0 Å². The summed E-state index contributed by atoms with van der Waals surface area (Å²) in [6.45, 7) is 0.419. The minimum Gasteiger partial charge on any atom is -0.387 e. The average Bonchev–Trinajstić information content (AvgIpc) is 2.38. The number of benzene rings is 1. The molecule has 4 heteroatoms. The average molecular weight is 215 g/mol. The molecule has 1 atom stereocenters. The standard InChI is InChI=1S/C12H13N3O/c16-11(10-5-2-1-3-6-10)9-13-12-7-4-8-14-15-12/h1-8,11,16H,9H2,(H,13,15). The van der Waals surface area contributed by atoms with Gasteiger partial charge < -0.3 is 10.4 Å². The van der Waals surface area contributed by atoms with Crippen LogP contribution in [0.3, 0.4) is 0 Å². The van der Waals surface area contributed by atoms with E-state index < -0.39 is 6.10 Å². The molecule has 2 aromatic rings. The van der Waals surface area contributed by atoms with Crippen molar-refractivity contribution in [1.29, 1.82) is 0 Å². The Labute approximate surface area is 94.0 Å². The summed E-state index contributed by atoms with van der Waals surface area (Å²) >= 11 is 0. The number of aliphatic hydroxyl groups excluding tert-OH is 1. The fourth-order valence-electron chi connectivity index (χ4n) is 1.39. The van der Waals surface area contributed by atoms with E-state index in [9.17, 15) is 5.11 Å². The van der Waals surface area contributed by atoms with Gasteiger partial charge in [-0.05, 0) is 17.7 Å². The topological polar surface area (TPSA) is 58.0 Å². The fourth-order valence-corrected chi connectivity index (χ4v) is 1.39. The highest BCUT2D eigenvalue weighted by molar-refractivity contribution is 5.32. The van der Waals surface area contributed by atoms with Crippen molar-refractivity contribution in [3.05, 3.63) is 54.2 Å². The van der Waals surface area contributed by atoms with Crippen LogP contribution >= 0.6 is 0 Å². The lowest BCUT2D eigenvalue weighted by molar-refractivity contribution is 0.191. The molecule has 2 rings (SSSR count). The quantitative estimate of drug-likeness (QED) is 0.813. The van der Waals surface area contributed by atoms with E-state index >= 15 is 0 Å². The lowest BCUT2D eigenvalue weighted by atomic mass is 10.1. The molecule has 0 bridgehead atoms. The molecule has 0 saturated carbocycles. The second kappa shape index (κ2) is 5.23. The van der Waals surface area contributed by atoms with Crippen molar-refractivity contribution in [3.8, 4) is 0 Å². The summed E-state index contributed by atoms with van der Waals surface area (Å²) in [6.07, 6.45) is 1.07. The zero-order valence-corrected chi connectivity index (χ0v) is 8.74. The second-order valence-electron chi connectivity index (χ2n) is 3.42. The van der Waals surface area contributed by atoms with Gasteiger partial charge in [0.05, 0.1) is 6.10 Å². The highest BCUT2D eigenvalue weighted by Crippen LogP contribution is 2.12. The molecule has 1 heterocycles. The third-order valence-electron chi connectivity index (χ3n) is 2.23. The van der Waals surface area contributed by atoms with Crippen LogP contribution in [0.15, 0.2) is 48.7 Å². The molecule has 16 heavy (non-hydrogen) atoms. The minimum absolute atomic E-state index is 0.419. The summed E-state index contributed by atoms with van der Waals surface area (Å²) in [5.41, 5.74) is 0.888. The molecule has 0 saturated heterocycles. The summed E-state index contributed by atoms with van der Waals surface area (Å²) < 4.78 is 0. The number of aliphatic hydroxyl groups is 1. The molecule has 0 radical (unpaired) electrons. The number of hydrogen-bond acceptors (Lipinski definition) is 4. The van der Waals surface area contributed by atoms with Gasteiger partial charge in [-0.3, -0.25) is 0 Å². The van der Waals surface area contributed by atoms with Crippen molar-refractivity contribution in [2.75, 3.05) is 11.9 Å². The van der Waals surface area contributed by atoms with Crippen molar-refractivity contribution in [1.82, 2.24) is 10.2 Å². The van der Waals surface area contributed by atoms with Crippen LogP contribution in [-0.2, 0) is 0 Å². The maximum atomic E-state index is 9.87. The third kappa shape index (κ3) is 2.77. The van der Waals surface area contributed by atoms with Crippen LogP contribution < -0.4 is 5.32 Å². The second-order valence-corrected chi connectivity index (χ2v) is 3.42. The molecule has 0 fully saturated rings. The van der Waals surface area contributed by atoms with Crippen molar-refractivity contribution >= 4 is 5.82 Å². The van der Waals surface area contributed by atoms with E-state index in [-0.39, 0.29) is 0 Å². The van der Waals surface area contributed by atoms with E-state index in [0.29, 0.717) is 12.4 Å². The summed E-state index contributed by atoms with van der Waals surface area (Å²) in [5.74, 6) is 0.664. The SMILES string of the molecule is OC(CNc1cccnn1)c1ccccc1. The maximum absolute atomic E-state index is 9.87. The Morgan fingerprint density at radius 3 is 2.62 bits per heavy atom. The van der Waals surface area contributed by atoms with Gasteiger partial charge in [0.15, 0.2) is 0 Å². The first-order chi connectivity index (χ1) is 7.86. The highest BCUT2D eigenvalue weighted by atomic mass is 16.3. The molecule has 4 nitrogen and oxygen atoms in total. The summed E-state index contributed by atoms with van der Waals surface area (Å²) in [4.78, 5) is 0. The molecular weight excluding hydrogens is 202 g/mol. The number of nitrogens with one attached hydrogen (secondary N) is 1. The summed E-state index contributed by atoms with van der Waals surface area (Å²) in [6, 6.07) is 13.1. The van der Waals surface area contributed by atoms with Crippen LogP contribution in [0, 0.1) is 0 Å². The van der Waals surface area contributed by atoms with Crippen molar-refractivity contribution in [2.24, 2.45) is 0 Å². The molecule has 1 aromatic carbocycles. The monoisotopic (exact) mass is 215 g/mol. The molecule has 0 aliphatic heterocycles. The van der Waals surface area contributed by atoms with Gasteiger partial charge in [-0.1, -0.05) is 30.3 Å². The van der Waals surface area contributed by atoms with E-state index in [2.05, 4.69) is 15.5 Å². The highest BCUT2D eigenvalue weighted by Gasteiger charge is 2.06. The number of rotatable bonds is 4. The van der Waals surface area contributed by atoms with Gasteiger partial charge in [-0.25, -0.2) is 0 Å². The smallest absolute Gasteiger partial charge is 0.148 e. The summed E-state index contributed by atoms with van der Waals surface area (Å²) in [5, 5.41) is 20.5. The Kier molecular flexibility index (Phi) is 3.46. The van der Waals surface area contributed by atoms with Crippen LogP contribution in [0.1, 0.15) is 11.7 Å². The zero-order valence-electron chi connectivity index (χ0n) is 8.74. The van der Waals surface area contributed by atoms with Gasteiger partial charge in [0.1, 0.15) is 5.82 Å². The summed E-state index contributed by atoms with van der Waals surface area (Å²) in [7, 11) is 0. The van der Waals surface area contributed by atoms with Crippen LogP contribution in [0.25, 0.3) is 0 Å². The Balaban J connectivity index is 1.92. The van der Waals surface area contributed by atoms with Crippen molar-refractivity contribution < 1.29 is 5.11 Å². The Morgan fingerprint density at radius 1 is 1.12 bits per heavy atom. The van der Waals surface area contributed by atoms with Crippen molar-refractivity contribution in [2.45, 2.75) is 6.10 Å². The number of hydrogen-bond donors (Lipinski definition) is 2. The predicted octanol–water partition coefficient (Wildman–Crippen LogP) is 1.62. The maximum Gasteiger partial charge on any atom is 0.148 e. The molecule has 0 aliphatic rings. The Hall–Kier alpha value is -1.94. The van der Waals surface area contributed by atoms with E-state index in [0.717, 1.165) is 5.56 Å². The predicted molar refractivity (Wildman–Crippen MR) is 61.9 cm³/mol. The van der Waals surface area contributed by atoms with E-state index in [1.54, 1.807) is 12.3 Å². The van der Waals surface area contributed by atoms with E-state index in [1.807, 2.05) is 36.4 Å². The number of anilines is 1. The molecule has 0 spiro atoms. The van der Waals surface area contributed by atoms with Crippen LogP contribution in [0.5, 0.6) is 0 Å². The van der Waals surface area contributed by atoms with E-state index in [4.69, 9.17) is 0 Å². The van der Waals surface area contributed by atoms with Crippen molar-refractivity contribution in [3.63, 3.8) is 0 Å². The molecule has 1 unspecified atom stereocenters. The van der Waals surface area contributed by atoms with Gasteiger partial charge in [-0.15, -0.1) is 5.10 Å².